The quantitative estimate of drug-likeness (QED) is 0.901. The van der Waals surface area contributed by atoms with E-state index in [9.17, 15) is 5.11 Å². The second kappa shape index (κ2) is 5.65. The predicted molar refractivity (Wildman–Crippen MR) is 80.5 cm³/mol. The summed E-state index contributed by atoms with van der Waals surface area (Å²) >= 11 is 12.0. The Morgan fingerprint density at radius 1 is 1.15 bits per heavy atom. The van der Waals surface area contributed by atoms with Crippen LogP contribution in [0, 0.1) is 0 Å². The van der Waals surface area contributed by atoms with Crippen molar-refractivity contribution in [2.75, 3.05) is 0 Å². The predicted octanol–water partition coefficient (Wildman–Crippen LogP) is 4.55. The summed E-state index contributed by atoms with van der Waals surface area (Å²) in [6.45, 7) is 0.400. The van der Waals surface area contributed by atoms with Gasteiger partial charge in [-0.3, -0.25) is 0 Å². The van der Waals surface area contributed by atoms with Crippen LogP contribution in [0.15, 0.2) is 36.4 Å². The standard InChI is InChI=1S/C16H14Cl2O2/c17-12-3-1-11(15(18)8-12)9-20-13-4-5-14-10(7-13)2-6-16(14)19/h1,3-5,7-8,16,19H,2,6,9H2/t16-/m0/s1. The molecule has 1 aliphatic rings. The number of hydrogen-bond donors (Lipinski definition) is 1. The first kappa shape index (κ1) is 13.7. The molecule has 0 radical (unpaired) electrons. The first-order valence-corrected chi connectivity index (χ1v) is 7.26. The van der Waals surface area contributed by atoms with E-state index in [1.165, 1.54) is 0 Å². The highest BCUT2D eigenvalue weighted by atomic mass is 35.5. The molecule has 0 saturated carbocycles. The number of ether oxygens (including phenoxy) is 1. The van der Waals surface area contributed by atoms with Crippen LogP contribution in [-0.4, -0.2) is 5.11 Å². The third kappa shape index (κ3) is 2.78. The summed E-state index contributed by atoms with van der Waals surface area (Å²) in [6, 6.07) is 11.2. The fourth-order valence-electron chi connectivity index (χ4n) is 2.46. The van der Waals surface area contributed by atoms with Gasteiger partial charge in [-0.25, -0.2) is 0 Å². The third-order valence-electron chi connectivity index (χ3n) is 3.57. The summed E-state index contributed by atoms with van der Waals surface area (Å²) in [7, 11) is 0. The van der Waals surface area contributed by atoms with E-state index in [0.29, 0.717) is 16.7 Å². The maximum atomic E-state index is 9.77. The van der Waals surface area contributed by atoms with Crippen LogP contribution in [0.5, 0.6) is 5.75 Å². The summed E-state index contributed by atoms with van der Waals surface area (Å²) in [5, 5.41) is 11.0. The summed E-state index contributed by atoms with van der Waals surface area (Å²) in [5.41, 5.74) is 3.08. The summed E-state index contributed by atoms with van der Waals surface area (Å²) < 4.78 is 5.76. The highest BCUT2D eigenvalue weighted by Gasteiger charge is 2.20. The monoisotopic (exact) mass is 308 g/mol. The number of aliphatic hydroxyl groups excluding tert-OH is 1. The van der Waals surface area contributed by atoms with Gasteiger partial charge in [0.25, 0.3) is 0 Å². The molecule has 2 aromatic rings. The van der Waals surface area contributed by atoms with Crippen molar-refractivity contribution >= 4 is 23.2 Å². The first-order valence-electron chi connectivity index (χ1n) is 6.51. The molecule has 0 amide bonds. The lowest BCUT2D eigenvalue weighted by molar-refractivity contribution is 0.180. The Hall–Kier alpha value is -1.22. The van der Waals surface area contributed by atoms with E-state index >= 15 is 0 Å². The number of fused-ring (bicyclic) bond motifs is 1. The topological polar surface area (TPSA) is 29.5 Å². The van der Waals surface area contributed by atoms with Gasteiger partial charge < -0.3 is 9.84 Å². The van der Waals surface area contributed by atoms with E-state index in [0.717, 1.165) is 35.3 Å². The van der Waals surface area contributed by atoms with E-state index in [1.54, 1.807) is 12.1 Å². The molecule has 104 valence electrons. The molecule has 0 bridgehead atoms. The van der Waals surface area contributed by atoms with E-state index in [2.05, 4.69) is 0 Å². The average Bonchev–Trinajstić information content (AvgIpc) is 2.79. The highest BCUT2D eigenvalue weighted by molar-refractivity contribution is 6.35. The molecule has 0 aromatic heterocycles. The molecule has 1 aliphatic carbocycles. The molecule has 0 heterocycles. The summed E-state index contributed by atoms with van der Waals surface area (Å²) in [5.74, 6) is 0.795. The Balaban J connectivity index is 1.73. The maximum absolute atomic E-state index is 9.77. The van der Waals surface area contributed by atoms with Gasteiger partial charge in [0.05, 0.1) is 6.10 Å². The van der Waals surface area contributed by atoms with Crippen molar-refractivity contribution in [1.82, 2.24) is 0 Å². The van der Waals surface area contributed by atoms with Crippen LogP contribution in [0.2, 0.25) is 10.0 Å². The van der Waals surface area contributed by atoms with Crippen LogP contribution in [0.4, 0.5) is 0 Å². The number of benzene rings is 2. The average molecular weight is 309 g/mol. The highest BCUT2D eigenvalue weighted by Crippen LogP contribution is 2.33. The lowest BCUT2D eigenvalue weighted by atomic mass is 10.1. The molecule has 0 fully saturated rings. The summed E-state index contributed by atoms with van der Waals surface area (Å²) in [4.78, 5) is 0. The van der Waals surface area contributed by atoms with Crippen molar-refractivity contribution < 1.29 is 9.84 Å². The maximum Gasteiger partial charge on any atom is 0.120 e. The van der Waals surface area contributed by atoms with Gasteiger partial charge in [-0.1, -0.05) is 35.3 Å². The van der Waals surface area contributed by atoms with Crippen molar-refractivity contribution in [3.05, 3.63) is 63.1 Å². The third-order valence-corrected chi connectivity index (χ3v) is 4.16. The van der Waals surface area contributed by atoms with Gasteiger partial charge in [0, 0.05) is 15.6 Å². The molecular formula is C16H14Cl2O2. The Bertz CT molecular complexity index is 640. The van der Waals surface area contributed by atoms with Crippen LogP contribution in [0.3, 0.4) is 0 Å². The van der Waals surface area contributed by atoms with Crippen LogP contribution in [0.1, 0.15) is 29.2 Å². The van der Waals surface area contributed by atoms with Gasteiger partial charge >= 0.3 is 0 Å². The molecule has 2 aromatic carbocycles. The van der Waals surface area contributed by atoms with Gasteiger partial charge in [-0.05, 0) is 48.2 Å². The molecule has 2 nitrogen and oxygen atoms in total. The summed E-state index contributed by atoms with van der Waals surface area (Å²) in [6.07, 6.45) is 1.36. The van der Waals surface area contributed by atoms with Crippen molar-refractivity contribution in [2.45, 2.75) is 25.6 Å². The second-order valence-electron chi connectivity index (χ2n) is 4.94. The van der Waals surface area contributed by atoms with E-state index in [4.69, 9.17) is 27.9 Å². The van der Waals surface area contributed by atoms with Gasteiger partial charge in [0.1, 0.15) is 12.4 Å². The molecule has 0 spiro atoms. The van der Waals surface area contributed by atoms with Crippen molar-refractivity contribution in [2.24, 2.45) is 0 Å². The smallest absolute Gasteiger partial charge is 0.120 e. The number of aryl methyl sites for hydroxylation is 1. The molecule has 0 saturated heterocycles. The van der Waals surface area contributed by atoms with Crippen LogP contribution in [-0.2, 0) is 13.0 Å². The molecule has 0 aliphatic heterocycles. The largest absolute Gasteiger partial charge is 0.489 e. The second-order valence-corrected chi connectivity index (χ2v) is 5.78. The van der Waals surface area contributed by atoms with Gasteiger partial charge in [0.15, 0.2) is 0 Å². The van der Waals surface area contributed by atoms with Gasteiger partial charge in [0.2, 0.25) is 0 Å². The number of halogens is 2. The molecule has 0 unspecified atom stereocenters. The lowest BCUT2D eigenvalue weighted by Crippen LogP contribution is -1.97. The van der Waals surface area contributed by atoms with E-state index in [1.807, 2.05) is 24.3 Å². The minimum Gasteiger partial charge on any atom is -0.489 e. The number of rotatable bonds is 3. The zero-order valence-electron chi connectivity index (χ0n) is 10.8. The molecule has 3 rings (SSSR count). The van der Waals surface area contributed by atoms with Crippen molar-refractivity contribution in [3.8, 4) is 5.75 Å². The normalized spacial score (nSPS) is 17.1. The lowest BCUT2D eigenvalue weighted by Gasteiger charge is -2.10. The van der Waals surface area contributed by atoms with Crippen LogP contribution >= 0.6 is 23.2 Å². The zero-order valence-corrected chi connectivity index (χ0v) is 12.3. The van der Waals surface area contributed by atoms with Gasteiger partial charge in [-0.2, -0.15) is 0 Å². The van der Waals surface area contributed by atoms with E-state index in [-0.39, 0.29) is 6.10 Å². The molecule has 1 atom stereocenters. The Kier molecular flexibility index (Phi) is 3.88. The Labute approximate surface area is 127 Å². The Morgan fingerprint density at radius 2 is 2.00 bits per heavy atom. The fourth-order valence-corrected chi connectivity index (χ4v) is 2.92. The number of hydrogen-bond acceptors (Lipinski definition) is 2. The van der Waals surface area contributed by atoms with Crippen LogP contribution < -0.4 is 4.74 Å². The first-order chi connectivity index (χ1) is 9.63. The molecule has 20 heavy (non-hydrogen) atoms. The molecule has 4 heteroatoms. The molecule has 1 N–H and O–H groups in total. The number of aliphatic hydroxyl groups is 1. The van der Waals surface area contributed by atoms with E-state index < -0.39 is 0 Å². The van der Waals surface area contributed by atoms with Crippen molar-refractivity contribution in [1.29, 1.82) is 0 Å². The van der Waals surface area contributed by atoms with Gasteiger partial charge in [-0.15, -0.1) is 0 Å². The Morgan fingerprint density at radius 3 is 2.80 bits per heavy atom. The SMILES string of the molecule is O[C@H]1CCc2cc(OCc3ccc(Cl)cc3Cl)ccc21. The van der Waals surface area contributed by atoms with Crippen molar-refractivity contribution in [3.63, 3.8) is 0 Å². The molecular weight excluding hydrogens is 295 g/mol. The fraction of sp³-hybridized carbons (Fsp3) is 0.250. The van der Waals surface area contributed by atoms with Crippen LogP contribution in [0.25, 0.3) is 0 Å². The minimum absolute atomic E-state index is 0.329. The minimum atomic E-state index is -0.329. The zero-order chi connectivity index (χ0) is 14.1.